The van der Waals surface area contributed by atoms with Gasteiger partial charge in [-0.3, -0.25) is 4.79 Å². The van der Waals surface area contributed by atoms with Crippen molar-refractivity contribution in [3.63, 3.8) is 0 Å². The third-order valence-corrected chi connectivity index (χ3v) is 4.22. The molecule has 1 amide bonds. The van der Waals surface area contributed by atoms with Gasteiger partial charge in [-0.05, 0) is 39.0 Å². The average molecular weight is 240 g/mol. The number of hydrogen-bond donors (Lipinski definition) is 2. The summed E-state index contributed by atoms with van der Waals surface area (Å²) in [7, 11) is 0. The quantitative estimate of drug-likeness (QED) is 0.742. The van der Waals surface area contributed by atoms with E-state index in [0.29, 0.717) is 12.3 Å². The van der Waals surface area contributed by atoms with Crippen LogP contribution in [0.2, 0.25) is 0 Å². The lowest BCUT2D eigenvalue weighted by molar-refractivity contribution is -0.126. The van der Waals surface area contributed by atoms with E-state index in [9.17, 15) is 4.79 Å². The van der Waals surface area contributed by atoms with Crippen molar-refractivity contribution < 1.29 is 4.79 Å². The van der Waals surface area contributed by atoms with Crippen molar-refractivity contribution in [2.24, 2.45) is 11.7 Å². The molecule has 3 heteroatoms. The molecule has 0 spiro atoms. The SMILES string of the molecule is CCC(C)(N)C(=O)N[C@H](C)C1CCCCCC1. The molecule has 17 heavy (non-hydrogen) atoms. The van der Waals surface area contributed by atoms with Gasteiger partial charge >= 0.3 is 0 Å². The third kappa shape index (κ3) is 4.30. The van der Waals surface area contributed by atoms with Gasteiger partial charge in [-0.15, -0.1) is 0 Å². The molecule has 3 nitrogen and oxygen atoms in total. The van der Waals surface area contributed by atoms with Gasteiger partial charge in [0.05, 0.1) is 5.54 Å². The van der Waals surface area contributed by atoms with Gasteiger partial charge in [-0.25, -0.2) is 0 Å². The maximum Gasteiger partial charge on any atom is 0.239 e. The Morgan fingerprint density at radius 1 is 1.35 bits per heavy atom. The summed E-state index contributed by atoms with van der Waals surface area (Å²) >= 11 is 0. The van der Waals surface area contributed by atoms with E-state index in [2.05, 4.69) is 12.2 Å². The normalized spacial score (nSPS) is 23.5. The van der Waals surface area contributed by atoms with Crippen LogP contribution in [-0.2, 0) is 4.79 Å². The number of nitrogens with one attached hydrogen (secondary N) is 1. The first-order valence-electron chi connectivity index (χ1n) is 7.07. The molecule has 1 saturated carbocycles. The van der Waals surface area contributed by atoms with E-state index in [1.165, 1.54) is 38.5 Å². The summed E-state index contributed by atoms with van der Waals surface area (Å²) in [5.41, 5.74) is 5.23. The van der Waals surface area contributed by atoms with Crippen LogP contribution in [0.4, 0.5) is 0 Å². The summed E-state index contributed by atoms with van der Waals surface area (Å²) in [6.45, 7) is 5.89. The minimum absolute atomic E-state index is 0.00301. The van der Waals surface area contributed by atoms with Crippen LogP contribution in [0.15, 0.2) is 0 Å². The molecule has 0 heterocycles. The molecule has 100 valence electrons. The maximum atomic E-state index is 12.0. The Morgan fingerprint density at radius 2 is 1.88 bits per heavy atom. The first-order chi connectivity index (χ1) is 7.97. The van der Waals surface area contributed by atoms with E-state index < -0.39 is 5.54 Å². The van der Waals surface area contributed by atoms with Crippen molar-refractivity contribution in [1.82, 2.24) is 5.32 Å². The topological polar surface area (TPSA) is 55.1 Å². The van der Waals surface area contributed by atoms with Gasteiger partial charge in [0.25, 0.3) is 0 Å². The largest absolute Gasteiger partial charge is 0.352 e. The van der Waals surface area contributed by atoms with Crippen molar-refractivity contribution in [3.8, 4) is 0 Å². The second kappa shape index (κ2) is 6.39. The predicted molar refractivity (Wildman–Crippen MR) is 71.7 cm³/mol. The fourth-order valence-electron chi connectivity index (χ4n) is 2.46. The highest BCUT2D eigenvalue weighted by Gasteiger charge is 2.29. The van der Waals surface area contributed by atoms with Gasteiger partial charge in [-0.1, -0.05) is 32.6 Å². The fraction of sp³-hybridized carbons (Fsp3) is 0.929. The molecule has 0 aromatic rings. The molecule has 0 aromatic heterocycles. The van der Waals surface area contributed by atoms with E-state index in [-0.39, 0.29) is 11.9 Å². The van der Waals surface area contributed by atoms with Gasteiger partial charge in [0.2, 0.25) is 5.91 Å². The molecule has 1 aliphatic rings. The van der Waals surface area contributed by atoms with Crippen LogP contribution < -0.4 is 11.1 Å². The van der Waals surface area contributed by atoms with Crippen LogP contribution in [0.25, 0.3) is 0 Å². The molecule has 2 atom stereocenters. The van der Waals surface area contributed by atoms with Gasteiger partial charge in [0.15, 0.2) is 0 Å². The number of amides is 1. The summed E-state index contributed by atoms with van der Waals surface area (Å²) in [5, 5.41) is 3.10. The summed E-state index contributed by atoms with van der Waals surface area (Å²) < 4.78 is 0. The first kappa shape index (κ1) is 14.5. The predicted octanol–water partition coefficient (Wildman–Crippen LogP) is 2.59. The number of rotatable bonds is 4. The zero-order chi connectivity index (χ0) is 12.9. The summed E-state index contributed by atoms with van der Waals surface area (Å²) in [6, 6.07) is 0.259. The molecule has 0 saturated heterocycles. The Labute approximate surface area is 106 Å². The van der Waals surface area contributed by atoms with Gasteiger partial charge in [0, 0.05) is 6.04 Å². The van der Waals surface area contributed by atoms with Crippen LogP contribution in [0.3, 0.4) is 0 Å². The molecule has 1 rings (SSSR count). The molecule has 1 aliphatic carbocycles. The zero-order valence-corrected chi connectivity index (χ0v) is 11.6. The molecule has 1 fully saturated rings. The van der Waals surface area contributed by atoms with Crippen LogP contribution >= 0.6 is 0 Å². The van der Waals surface area contributed by atoms with E-state index in [1.54, 1.807) is 0 Å². The highest BCUT2D eigenvalue weighted by molar-refractivity contribution is 5.85. The van der Waals surface area contributed by atoms with Crippen molar-refractivity contribution in [2.75, 3.05) is 0 Å². The first-order valence-corrected chi connectivity index (χ1v) is 7.07. The van der Waals surface area contributed by atoms with Crippen molar-refractivity contribution >= 4 is 5.91 Å². The van der Waals surface area contributed by atoms with Crippen LogP contribution in [0.5, 0.6) is 0 Å². The average Bonchev–Trinajstić information content (AvgIpc) is 2.57. The van der Waals surface area contributed by atoms with Crippen LogP contribution in [0.1, 0.15) is 65.7 Å². The van der Waals surface area contributed by atoms with Crippen molar-refractivity contribution in [3.05, 3.63) is 0 Å². The Balaban J connectivity index is 2.47. The highest BCUT2D eigenvalue weighted by Crippen LogP contribution is 2.25. The Bertz CT molecular complexity index is 243. The van der Waals surface area contributed by atoms with Gasteiger partial charge in [-0.2, -0.15) is 0 Å². The van der Waals surface area contributed by atoms with Gasteiger partial charge in [0.1, 0.15) is 0 Å². The van der Waals surface area contributed by atoms with Crippen LogP contribution in [0, 0.1) is 5.92 Å². The number of carbonyl (C=O) groups is 1. The lowest BCUT2D eigenvalue weighted by Gasteiger charge is -2.28. The molecule has 0 aromatic carbocycles. The van der Waals surface area contributed by atoms with E-state index >= 15 is 0 Å². The highest BCUT2D eigenvalue weighted by atomic mass is 16.2. The van der Waals surface area contributed by atoms with E-state index in [4.69, 9.17) is 5.73 Å². The van der Waals surface area contributed by atoms with Gasteiger partial charge < -0.3 is 11.1 Å². The molecule has 3 N–H and O–H groups in total. The molecular weight excluding hydrogens is 212 g/mol. The Morgan fingerprint density at radius 3 is 2.35 bits per heavy atom. The standard InChI is InChI=1S/C14H28N2O/c1-4-14(3,15)13(17)16-11(2)12-9-7-5-6-8-10-12/h11-12H,4-10,15H2,1-3H3,(H,16,17)/t11-,14?/m1/s1. The number of carbonyl (C=O) groups excluding carboxylic acids is 1. The lowest BCUT2D eigenvalue weighted by Crippen LogP contribution is -2.54. The third-order valence-electron chi connectivity index (χ3n) is 4.22. The molecule has 0 aliphatic heterocycles. The number of hydrogen-bond acceptors (Lipinski definition) is 2. The molecule has 0 bridgehead atoms. The zero-order valence-electron chi connectivity index (χ0n) is 11.6. The fourth-order valence-corrected chi connectivity index (χ4v) is 2.46. The monoisotopic (exact) mass is 240 g/mol. The van der Waals surface area contributed by atoms with E-state index in [0.717, 1.165) is 0 Å². The lowest BCUT2D eigenvalue weighted by atomic mass is 9.91. The Kier molecular flexibility index (Phi) is 5.44. The minimum atomic E-state index is -0.723. The number of nitrogens with two attached hydrogens (primary N) is 1. The second-order valence-corrected chi connectivity index (χ2v) is 5.78. The smallest absolute Gasteiger partial charge is 0.239 e. The molecule has 1 unspecified atom stereocenters. The van der Waals surface area contributed by atoms with Crippen LogP contribution in [-0.4, -0.2) is 17.5 Å². The van der Waals surface area contributed by atoms with Crippen molar-refractivity contribution in [2.45, 2.75) is 77.3 Å². The summed E-state index contributed by atoms with van der Waals surface area (Å²) in [6.07, 6.45) is 8.47. The Hall–Kier alpha value is -0.570. The maximum absolute atomic E-state index is 12.0. The molecule has 0 radical (unpaired) electrons. The summed E-state index contributed by atoms with van der Waals surface area (Å²) in [5.74, 6) is 0.630. The second-order valence-electron chi connectivity index (χ2n) is 5.78. The molecular formula is C14H28N2O. The minimum Gasteiger partial charge on any atom is -0.352 e. The van der Waals surface area contributed by atoms with E-state index in [1.807, 2.05) is 13.8 Å². The van der Waals surface area contributed by atoms with Crippen molar-refractivity contribution in [1.29, 1.82) is 0 Å². The summed E-state index contributed by atoms with van der Waals surface area (Å²) in [4.78, 5) is 12.0.